The summed E-state index contributed by atoms with van der Waals surface area (Å²) in [6.07, 6.45) is 8.73. The van der Waals surface area contributed by atoms with Crippen LogP contribution in [0.4, 0.5) is 0 Å². The molecule has 3 aromatic rings. The number of fused-ring (bicyclic) bond motifs is 1. The fraction of sp³-hybridized carbons (Fsp3) is 0.308. The van der Waals surface area contributed by atoms with E-state index in [2.05, 4.69) is 16.9 Å². The second-order valence-corrected chi connectivity index (χ2v) is 9.68. The number of nitrogens with one attached hydrogen (secondary N) is 1. The van der Waals surface area contributed by atoms with Crippen LogP contribution in [-0.2, 0) is 0 Å². The van der Waals surface area contributed by atoms with Crippen molar-refractivity contribution in [2.24, 2.45) is 5.73 Å². The molecule has 1 saturated heterocycles. The van der Waals surface area contributed by atoms with Crippen molar-refractivity contribution < 1.29 is 14.3 Å². The molecule has 9 heteroatoms. The van der Waals surface area contributed by atoms with Crippen LogP contribution in [0.15, 0.2) is 66.0 Å². The van der Waals surface area contributed by atoms with Gasteiger partial charge in [0.05, 0.1) is 11.0 Å². The van der Waals surface area contributed by atoms with Crippen molar-refractivity contribution in [3.63, 3.8) is 0 Å². The van der Waals surface area contributed by atoms with E-state index in [-0.39, 0.29) is 6.10 Å². The van der Waals surface area contributed by atoms with Crippen molar-refractivity contribution in [1.29, 1.82) is 0 Å². The number of hydrogen-bond donors (Lipinski definition) is 2. The van der Waals surface area contributed by atoms with Gasteiger partial charge in [-0.1, -0.05) is 36.4 Å². The molecule has 0 radical (unpaired) electrons. The van der Waals surface area contributed by atoms with Crippen molar-refractivity contribution in [2.45, 2.75) is 38.9 Å². The fourth-order valence-corrected chi connectivity index (χ4v) is 5.19. The number of amides is 1. The first-order chi connectivity index (χ1) is 16.9. The Kier molecular flexibility index (Phi) is 7.95. The molecule has 35 heavy (non-hydrogen) atoms. The number of carbonyl (C=O) groups is 1. The van der Waals surface area contributed by atoms with Gasteiger partial charge in [0.15, 0.2) is 0 Å². The third-order valence-electron chi connectivity index (χ3n) is 5.80. The van der Waals surface area contributed by atoms with Gasteiger partial charge in [0.25, 0.3) is 5.91 Å². The Hall–Kier alpha value is -3.07. The molecule has 2 aromatic heterocycles. The number of nitrogens with zero attached hydrogens (tertiary/aromatic N) is 2. The van der Waals surface area contributed by atoms with E-state index in [1.807, 2.05) is 48.8 Å². The molecule has 1 aromatic carbocycles. The smallest absolute Gasteiger partial charge is 0.262 e. The Morgan fingerprint density at radius 2 is 2.14 bits per heavy atom. The molecule has 0 saturated carbocycles. The van der Waals surface area contributed by atoms with Gasteiger partial charge in [-0.3, -0.25) is 9.36 Å². The zero-order valence-corrected chi connectivity index (χ0v) is 21.4. The van der Waals surface area contributed by atoms with E-state index in [4.69, 9.17) is 26.8 Å². The number of benzene rings is 1. The summed E-state index contributed by atoms with van der Waals surface area (Å²) in [6, 6.07) is 7.67. The van der Waals surface area contributed by atoms with Crippen LogP contribution in [0.2, 0.25) is 0 Å². The maximum atomic E-state index is 12.2. The highest BCUT2D eigenvalue weighted by Crippen LogP contribution is 2.36. The highest BCUT2D eigenvalue weighted by molar-refractivity contribution is 7.16. The Morgan fingerprint density at radius 3 is 2.83 bits per heavy atom. The number of primary amides is 1. The molecule has 3 N–H and O–H groups in total. The van der Waals surface area contributed by atoms with Gasteiger partial charge in [-0.2, -0.15) is 0 Å². The number of carbonyl (C=O) groups excluding carboxylic acids is 1. The monoisotopic (exact) mass is 512 g/mol. The molecule has 1 fully saturated rings. The van der Waals surface area contributed by atoms with E-state index in [1.165, 1.54) is 11.3 Å². The second-order valence-electron chi connectivity index (χ2n) is 8.24. The molecule has 0 bridgehead atoms. The highest BCUT2D eigenvalue weighted by Gasteiger charge is 2.22. The number of hydrogen-bond acceptors (Lipinski definition) is 6. The number of aromatic nitrogens is 2. The molecule has 0 aliphatic carbocycles. The van der Waals surface area contributed by atoms with E-state index in [0.717, 1.165) is 53.3 Å². The van der Waals surface area contributed by atoms with Gasteiger partial charge in [0.2, 0.25) is 0 Å². The summed E-state index contributed by atoms with van der Waals surface area (Å²) in [7, 11) is 0. The Balaban J connectivity index is 1.67. The molecule has 1 aliphatic heterocycles. The molecule has 1 amide bonds. The van der Waals surface area contributed by atoms with Gasteiger partial charge in [-0.15, -0.1) is 11.3 Å². The van der Waals surface area contributed by atoms with Crippen LogP contribution in [0, 0.1) is 0 Å². The number of ether oxygens (including phenoxy) is 2. The molecule has 1 unspecified atom stereocenters. The molecule has 0 spiro atoms. The maximum absolute atomic E-state index is 12.2. The number of piperidine rings is 1. The number of thiophene rings is 1. The maximum Gasteiger partial charge on any atom is 0.262 e. The molecular formula is C26H29ClN4O3S. The van der Waals surface area contributed by atoms with Crippen LogP contribution in [0.5, 0.6) is 11.5 Å². The second kappa shape index (κ2) is 11.1. The highest BCUT2D eigenvalue weighted by atomic mass is 35.5. The summed E-state index contributed by atoms with van der Waals surface area (Å²) in [5.41, 5.74) is 8.14. The van der Waals surface area contributed by atoms with Crippen LogP contribution < -0.4 is 20.5 Å². The lowest BCUT2D eigenvalue weighted by Crippen LogP contribution is -2.34. The topological polar surface area (TPSA) is 91.4 Å². The summed E-state index contributed by atoms with van der Waals surface area (Å²) in [4.78, 5) is 17.1. The average Bonchev–Trinajstić information content (AvgIpc) is 3.46. The van der Waals surface area contributed by atoms with Crippen molar-refractivity contribution in [3.8, 4) is 16.5 Å². The van der Waals surface area contributed by atoms with Gasteiger partial charge in [-0.05, 0) is 51.9 Å². The zero-order valence-electron chi connectivity index (χ0n) is 19.8. The standard InChI is InChI=1S/C26H29ClN4O3S/c1-4-6-19(20(27)5-2)16(3)33-23-14-24(35-25(23)26(28)32)31-15-30-21-8-7-18(13-22(21)31)34-17-9-11-29-12-10-17/h4-8,13-17,29H,2,9-12H2,1,3H3,(H2,28,32)/b6-4-,20-19-. The van der Waals surface area contributed by atoms with Gasteiger partial charge in [0, 0.05) is 22.7 Å². The molecule has 184 valence electrons. The zero-order chi connectivity index (χ0) is 24.9. The number of halogens is 1. The van der Waals surface area contributed by atoms with Gasteiger partial charge < -0.3 is 20.5 Å². The Morgan fingerprint density at radius 1 is 1.37 bits per heavy atom. The summed E-state index contributed by atoms with van der Waals surface area (Å²) >= 11 is 7.57. The lowest BCUT2D eigenvalue weighted by Gasteiger charge is -2.23. The normalized spacial score (nSPS) is 16.3. The van der Waals surface area contributed by atoms with Crippen LogP contribution in [0.3, 0.4) is 0 Å². The van der Waals surface area contributed by atoms with Gasteiger partial charge >= 0.3 is 0 Å². The fourth-order valence-electron chi connectivity index (χ4n) is 4.04. The van der Waals surface area contributed by atoms with E-state index in [0.29, 0.717) is 15.7 Å². The summed E-state index contributed by atoms with van der Waals surface area (Å²) in [6.45, 7) is 9.41. The first-order valence-corrected chi connectivity index (χ1v) is 12.7. The minimum absolute atomic E-state index is 0.191. The predicted molar refractivity (Wildman–Crippen MR) is 142 cm³/mol. The average molecular weight is 513 g/mol. The van der Waals surface area contributed by atoms with E-state index < -0.39 is 12.0 Å². The van der Waals surface area contributed by atoms with Crippen LogP contribution >= 0.6 is 22.9 Å². The van der Waals surface area contributed by atoms with Crippen LogP contribution in [-0.4, -0.2) is 40.8 Å². The quantitative estimate of drug-likeness (QED) is 0.378. The van der Waals surface area contributed by atoms with Crippen LogP contribution in [0.1, 0.15) is 36.4 Å². The molecule has 1 atom stereocenters. The van der Waals surface area contributed by atoms with Gasteiger partial charge in [0.1, 0.15) is 39.9 Å². The summed E-state index contributed by atoms with van der Waals surface area (Å²) in [5.74, 6) is 0.627. The van der Waals surface area contributed by atoms with Crippen molar-refractivity contribution in [1.82, 2.24) is 14.9 Å². The molecular weight excluding hydrogens is 484 g/mol. The SMILES string of the molecule is C=C/C(Cl)=C(\C=C/C)C(C)Oc1cc(-n2cnc3ccc(OC4CCNCC4)cc32)sc1C(N)=O. The summed E-state index contributed by atoms with van der Waals surface area (Å²) in [5, 5.41) is 4.59. The van der Waals surface area contributed by atoms with Crippen molar-refractivity contribution in [3.05, 3.63) is 70.9 Å². The predicted octanol–water partition coefficient (Wildman–Crippen LogP) is 5.34. The van der Waals surface area contributed by atoms with E-state index >= 15 is 0 Å². The Bertz CT molecular complexity index is 1290. The van der Waals surface area contributed by atoms with Crippen LogP contribution in [0.25, 0.3) is 16.0 Å². The molecule has 1 aliphatic rings. The minimum atomic E-state index is -0.561. The number of nitrogens with two attached hydrogens (primary N) is 1. The minimum Gasteiger partial charge on any atom is -0.490 e. The number of allylic oxidation sites excluding steroid dienone is 3. The van der Waals surface area contributed by atoms with E-state index in [1.54, 1.807) is 18.5 Å². The lowest BCUT2D eigenvalue weighted by atomic mass is 10.1. The molecule has 3 heterocycles. The number of rotatable bonds is 9. The largest absolute Gasteiger partial charge is 0.490 e. The van der Waals surface area contributed by atoms with Gasteiger partial charge in [-0.25, -0.2) is 4.98 Å². The summed E-state index contributed by atoms with van der Waals surface area (Å²) < 4.78 is 14.3. The van der Waals surface area contributed by atoms with E-state index in [9.17, 15) is 4.79 Å². The van der Waals surface area contributed by atoms with Crippen molar-refractivity contribution >= 4 is 39.9 Å². The first kappa shape index (κ1) is 25.0. The first-order valence-electron chi connectivity index (χ1n) is 11.5. The molecule has 7 nitrogen and oxygen atoms in total. The third-order valence-corrected chi connectivity index (χ3v) is 7.30. The Labute approximate surface area is 213 Å². The lowest BCUT2D eigenvalue weighted by molar-refractivity contribution is 0.0999. The number of imidazole rings is 1. The third kappa shape index (κ3) is 5.61. The van der Waals surface area contributed by atoms with Crippen molar-refractivity contribution in [2.75, 3.05) is 13.1 Å². The molecule has 4 rings (SSSR count).